The third-order valence-corrected chi connectivity index (χ3v) is 12.6. The molecule has 0 amide bonds. The highest BCUT2D eigenvalue weighted by Crippen LogP contribution is 2.66. The van der Waals surface area contributed by atoms with Gasteiger partial charge in [-0.05, 0) is 112 Å². The normalized spacial score (nSPS) is 24.7. The van der Waals surface area contributed by atoms with E-state index in [1.54, 1.807) is 5.56 Å². The lowest BCUT2D eigenvalue weighted by Crippen LogP contribution is -2.55. The van der Waals surface area contributed by atoms with Crippen molar-refractivity contribution in [2.24, 2.45) is 11.8 Å². The van der Waals surface area contributed by atoms with Crippen molar-refractivity contribution < 1.29 is 0 Å². The molecule has 250 valence electrons. The minimum absolute atomic E-state index is 0.103. The number of nitrogens with zero attached hydrogens (tertiary/aromatic N) is 2. The second kappa shape index (κ2) is 11.8. The molecule has 49 heavy (non-hydrogen) atoms. The Balaban J connectivity index is 1.16. The van der Waals surface area contributed by atoms with Crippen molar-refractivity contribution in [1.82, 2.24) is 9.97 Å². The van der Waals surface area contributed by atoms with Gasteiger partial charge in [-0.1, -0.05) is 142 Å². The highest BCUT2D eigenvalue weighted by molar-refractivity contribution is 9.10. The van der Waals surface area contributed by atoms with Crippen LogP contribution in [0.3, 0.4) is 0 Å². The van der Waals surface area contributed by atoms with Gasteiger partial charge in [0.15, 0.2) is 5.82 Å². The Hall–Kier alpha value is -3.56. The van der Waals surface area contributed by atoms with Crippen LogP contribution in [0, 0.1) is 11.8 Å². The zero-order chi connectivity index (χ0) is 34.2. The van der Waals surface area contributed by atoms with Gasteiger partial charge >= 0.3 is 0 Å². The van der Waals surface area contributed by atoms with Crippen LogP contribution in [0.5, 0.6) is 0 Å². The lowest BCUT2D eigenvalue weighted by Gasteiger charge is -2.63. The third-order valence-electron chi connectivity index (χ3n) is 12.1. The van der Waals surface area contributed by atoms with E-state index in [4.69, 9.17) is 9.97 Å². The molecule has 1 aromatic heterocycles. The van der Waals surface area contributed by atoms with E-state index in [1.807, 2.05) is 0 Å². The van der Waals surface area contributed by atoms with Gasteiger partial charge in [0.05, 0.1) is 11.4 Å². The minimum Gasteiger partial charge on any atom is -0.228 e. The van der Waals surface area contributed by atoms with Crippen LogP contribution in [-0.2, 0) is 21.7 Å². The highest BCUT2D eigenvalue weighted by atomic mass is 79.9. The molecule has 4 aliphatic carbocycles. The average Bonchev–Trinajstić information content (AvgIpc) is 3.07. The summed E-state index contributed by atoms with van der Waals surface area (Å²) in [6.07, 6.45) is 8.02. The second-order valence-corrected chi connectivity index (χ2v) is 18.6. The molecule has 2 atom stereocenters. The van der Waals surface area contributed by atoms with Gasteiger partial charge in [0, 0.05) is 21.2 Å². The van der Waals surface area contributed by atoms with Gasteiger partial charge in [-0.3, -0.25) is 0 Å². The smallest absolute Gasteiger partial charge is 0.160 e. The summed E-state index contributed by atoms with van der Waals surface area (Å²) in [7, 11) is 0. The molecule has 3 heteroatoms. The van der Waals surface area contributed by atoms with Crippen LogP contribution in [0.4, 0.5) is 0 Å². The molecule has 2 nitrogen and oxygen atoms in total. The van der Waals surface area contributed by atoms with Crippen LogP contribution in [0.15, 0.2) is 108 Å². The van der Waals surface area contributed by atoms with Crippen LogP contribution in [0.2, 0.25) is 0 Å². The summed E-state index contributed by atoms with van der Waals surface area (Å²) in [4.78, 5) is 10.4. The maximum atomic E-state index is 5.21. The topological polar surface area (TPSA) is 25.8 Å². The largest absolute Gasteiger partial charge is 0.228 e. The lowest BCUT2D eigenvalue weighted by molar-refractivity contribution is -0.0281. The Bertz CT molecular complexity index is 1880. The predicted octanol–water partition coefficient (Wildman–Crippen LogP) is 12.6. The fourth-order valence-electron chi connectivity index (χ4n) is 9.87. The van der Waals surface area contributed by atoms with E-state index in [9.17, 15) is 0 Å². The van der Waals surface area contributed by atoms with Crippen LogP contribution < -0.4 is 0 Å². The SMILES string of the molecule is CC(C)(C)c1ccc(-c2cc(-c3ccc(C(C)(C)C)cc3)nc(-c3ccc(C45CC6CC(CC(c7ccc(Br)cc7)(C6)C4)C5)cc3)n2)cc1. The number of rotatable bonds is 5. The third kappa shape index (κ3) is 6.11. The molecule has 4 saturated carbocycles. The standard InChI is InChI=1S/C46H49BrN2/c1-43(2,3)35-13-7-32(8-14-35)40-24-41(33-9-15-36(16-10-33)44(4,5)6)49-42(48-40)34-11-17-37(18-12-34)45-25-30-23-31(26-45)28-46(27-30,29-45)38-19-21-39(47)22-20-38/h7-22,24,30-31H,23,25-29H2,1-6H3. The molecule has 2 unspecified atom stereocenters. The first-order valence-corrected chi connectivity index (χ1v) is 19.1. The van der Waals surface area contributed by atoms with E-state index in [0.29, 0.717) is 5.41 Å². The molecule has 5 aromatic rings. The average molecular weight is 710 g/mol. The van der Waals surface area contributed by atoms with E-state index >= 15 is 0 Å². The summed E-state index contributed by atoms with van der Waals surface area (Å²) in [6, 6.07) is 38.7. The van der Waals surface area contributed by atoms with E-state index in [1.165, 1.54) is 59.7 Å². The number of hydrogen-bond acceptors (Lipinski definition) is 2. The summed E-state index contributed by atoms with van der Waals surface area (Å²) >= 11 is 3.67. The van der Waals surface area contributed by atoms with Gasteiger partial charge in [0.25, 0.3) is 0 Å². The van der Waals surface area contributed by atoms with Gasteiger partial charge in [-0.2, -0.15) is 0 Å². The Morgan fingerprint density at radius 2 is 0.918 bits per heavy atom. The minimum atomic E-state index is 0.103. The first-order chi connectivity index (χ1) is 23.3. The van der Waals surface area contributed by atoms with Crippen molar-refractivity contribution in [3.8, 4) is 33.9 Å². The lowest BCUT2D eigenvalue weighted by atomic mass is 9.42. The summed E-state index contributed by atoms with van der Waals surface area (Å²) in [5, 5.41) is 0. The molecule has 4 fully saturated rings. The van der Waals surface area contributed by atoms with Gasteiger partial charge in [-0.15, -0.1) is 0 Å². The Morgan fingerprint density at radius 3 is 1.33 bits per heavy atom. The molecule has 0 aliphatic heterocycles. The summed E-state index contributed by atoms with van der Waals surface area (Å²) < 4.78 is 1.17. The van der Waals surface area contributed by atoms with Crippen LogP contribution in [0.1, 0.15) is 102 Å². The molecule has 0 spiro atoms. The van der Waals surface area contributed by atoms with E-state index < -0.39 is 0 Å². The molecule has 4 aromatic carbocycles. The molecule has 4 bridgehead atoms. The van der Waals surface area contributed by atoms with E-state index in [0.717, 1.165) is 45.7 Å². The number of halogens is 1. The molecule has 0 radical (unpaired) electrons. The Labute approximate surface area is 302 Å². The van der Waals surface area contributed by atoms with Crippen molar-refractivity contribution in [3.05, 3.63) is 130 Å². The monoisotopic (exact) mass is 708 g/mol. The molecular formula is C46H49BrN2. The highest BCUT2D eigenvalue weighted by Gasteiger charge is 2.58. The zero-order valence-electron chi connectivity index (χ0n) is 30.0. The van der Waals surface area contributed by atoms with Crippen molar-refractivity contribution in [2.45, 2.75) is 102 Å². The van der Waals surface area contributed by atoms with Crippen molar-refractivity contribution in [1.29, 1.82) is 0 Å². The van der Waals surface area contributed by atoms with Gasteiger partial charge in [0.1, 0.15) is 0 Å². The molecule has 9 rings (SSSR count). The number of aromatic nitrogens is 2. The second-order valence-electron chi connectivity index (χ2n) is 17.7. The first-order valence-electron chi connectivity index (χ1n) is 18.3. The van der Waals surface area contributed by atoms with Gasteiger partial charge < -0.3 is 0 Å². The molecule has 0 N–H and O–H groups in total. The van der Waals surface area contributed by atoms with E-state index in [-0.39, 0.29) is 16.2 Å². The Morgan fingerprint density at radius 1 is 0.531 bits per heavy atom. The van der Waals surface area contributed by atoms with Crippen LogP contribution >= 0.6 is 15.9 Å². The zero-order valence-corrected chi connectivity index (χ0v) is 31.6. The quantitative estimate of drug-likeness (QED) is 0.182. The van der Waals surface area contributed by atoms with Crippen molar-refractivity contribution in [2.75, 3.05) is 0 Å². The molecule has 4 aliphatic rings. The fourth-order valence-corrected chi connectivity index (χ4v) is 10.1. The fraction of sp³-hybridized carbons (Fsp3) is 0.391. The van der Waals surface area contributed by atoms with Crippen LogP contribution in [-0.4, -0.2) is 9.97 Å². The predicted molar refractivity (Wildman–Crippen MR) is 208 cm³/mol. The first kappa shape index (κ1) is 32.6. The summed E-state index contributed by atoms with van der Waals surface area (Å²) in [5.74, 6) is 2.43. The molecule has 1 heterocycles. The number of benzene rings is 4. The maximum Gasteiger partial charge on any atom is 0.160 e. The van der Waals surface area contributed by atoms with Gasteiger partial charge in [0.2, 0.25) is 0 Å². The Kier molecular flexibility index (Phi) is 7.83. The van der Waals surface area contributed by atoms with E-state index in [2.05, 4.69) is 161 Å². The molecular weight excluding hydrogens is 660 g/mol. The summed E-state index contributed by atoms with van der Waals surface area (Å²) in [5.41, 5.74) is 11.7. The summed E-state index contributed by atoms with van der Waals surface area (Å²) in [6.45, 7) is 13.6. The molecule has 0 saturated heterocycles. The van der Waals surface area contributed by atoms with Crippen molar-refractivity contribution in [3.63, 3.8) is 0 Å². The van der Waals surface area contributed by atoms with Crippen molar-refractivity contribution >= 4 is 15.9 Å². The van der Waals surface area contributed by atoms with Crippen LogP contribution in [0.25, 0.3) is 33.9 Å². The maximum absolute atomic E-state index is 5.21. The number of hydrogen-bond donors (Lipinski definition) is 0. The van der Waals surface area contributed by atoms with Gasteiger partial charge in [-0.25, -0.2) is 9.97 Å².